The number of carbonyl (C=O) groups excluding carboxylic acids is 1. The molecule has 0 saturated carbocycles. The van der Waals surface area contributed by atoms with Gasteiger partial charge in [-0.3, -0.25) is 4.79 Å². The maximum Gasteiger partial charge on any atom is 0.310 e. The number of ether oxygens (including phenoxy) is 2. The highest BCUT2D eigenvalue weighted by Gasteiger charge is 2.25. The van der Waals surface area contributed by atoms with E-state index in [1.54, 1.807) is 7.11 Å². The third-order valence-electron chi connectivity index (χ3n) is 2.84. The highest BCUT2D eigenvalue weighted by atomic mass is 16.6. The van der Waals surface area contributed by atoms with Crippen molar-refractivity contribution in [1.29, 1.82) is 0 Å². The van der Waals surface area contributed by atoms with Crippen molar-refractivity contribution in [1.82, 2.24) is 0 Å². The Hall–Kier alpha value is -1.51. The zero-order valence-corrected chi connectivity index (χ0v) is 13.7. The van der Waals surface area contributed by atoms with E-state index >= 15 is 0 Å². The molecule has 0 aliphatic heterocycles. The average Bonchev–Trinajstić information content (AvgIpc) is 2.24. The number of hydrogen-bond acceptors (Lipinski definition) is 3. The Morgan fingerprint density at radius 3 is 2.15 bits per heavy atom. The van der Waals surface area contributed by atoms with E-state index in [0.717, 1.165) is 16.9 Å². The van der Waals surface area contributed by atoms with Gasteiger partial charge in [0.1, 0.15) is 11.4 Å². The molecular formula is C17H26O3. The van der Waals surface area contributed by atoms with Gasteiger partial charge >= 0.3 is 5.97 Å². The predicted octanol–water partition coefficient (Wildman–Crippen LogP) is 3.88. The minimum Gasteiger partial charge on any atom is -0.496 e. The van der Waals surface area contributed by atoms with E-state index in [4.69, 9.17) is 9.47 Å². The fourth-order valence-corrected chi connectivity index (χ4v) is 2.28. The van der Waals surface area contributed by atoms with Gasteiger partial charge in [0.15, 0.2) is 0 Å². The van der Waals surface area contributed by atoms with Gasteiger partial charge in [-0.15, -0.1) is 0 Å². The fourth-order valence-electron chi connectivity index (χ4n) is 2.28. The summed E-state index contributed by atoms with van der Waals surface area (Å²) >= 11 is 0. The summed E-state index contributed by atoms with van der Waals surface area (Å²) in [6.45, 7) is 12.0. The van der Waals surface area contributed by atoms with Gasteiger partial charge in [-0.2, -0.15) is 0 Å². The first kappa shape index (κ1) is 16.5. The van der Waals surface area contributed by atoms with E-state index in [1.807, 2.05) is 39.0 Å². The van der Waals surface area contributed by atoms with Crippen LogP contribution in [0.1, 0.15) is 52.7 Å². The summed E-state index contributed by atoms with van der Waals surface area (Å²) in [5.41, 5.74) is 1.47. The number of rotatable bonds is 3. The SMILES string of the molecule is COc1cccc(CC(=O)OC(C)(C)C)c1C(C)(C)C. The largest absolute Gasteiger partial charge is 0.496 e. The van der Waals surface area contributed by atoms with E-state index < -0.39 is 5.60 Å². The summed E-state index contributed by atoms with van der Waals surface area (Å²) in [5.74, 6) is 0.606. The lowest BCUT2D eigenvalue weighted by Gasteiger charge is -2.26. The molecule has 0 atom stereocenters. The molecule has 1 aromatic carbocycles. The summed E-state index contributed by atoms with van der Waals surface area (Å²) in [6.07, 6.45) is 0.265. The second kappa shape index (κ2) is 5.86. The molecule has 0 heterocycles. The van der Waals surface area contributed by atoms with Crippen LogP contribution in [0.5, 0.6) is 5.75 Å². The van der Waals surface area contributed by atoms with Gasteiger partial charge in [-0.25, -0.2) is 0 Å². The second-order valence-corrected chi connectivity index (χ2v) is 7.01. The minimum atomic E-state index is -0.460. The van der Waals surface area contributed by atoms with Crippen molar-refractivity contribution >= 4 is 5.97 Å². The van der Waals surface area contributed by atoms with Crippen LogP contribution in [0, 0.1) is 0 Å². The summed E-state index contributed by atoms with van der Waals surface area (Å²) < 4.78 is 10.8. The molecule has 0 fully saturated rings. The third-order valence-corrected chi connectivity index (χ3v) is 2.84. The van der Waals surface area contributed by atoms with Gasteiger partial charge in [-0.05, 0) is 37.8 Å². The highest BCUT2D eigenvalue weighted by molar-refractivity contribution is 5.74. The van der Waals surface area contributed by atoms with Gasteiger partial charge in [0, 0.05) is 5.56 Å². The molecule has 0 amide bonds. The Bertz CT molecular complexity index is 476. The molecule has 0 aliphatic carbocycles. The first-order chi connectivity index (χ1) is 9.04. The molecule has 0 saturated heterocycles. The molecule has 0 aromatic heterocycles. The van der Waals surface area contributed by atoms with Crippen LogP contribution in [0.3, 0.4) is 0 Å². The van der Waals surface area contributed by atoms with Gasteiger partial charge in [0.25, 0.3) is 0 Å². The molecular weight excluding hydrogens is 252 g/mol. The number of esters is 1. The van der Waals surface area contributed by atoms with Crippen LogP contribution >= 0.6 is 0 Å². The molecule has 0 aliphatic rings. The molecule has 0 bridgehead atoms. The van der Waals surface area contributed by atoms with Crippen LogP contribution < -0.4 is 4.74 Å². The predicted molar refractivity (Wildman–Crippen MR) is 81.2 cm³/mol. The van der Waals surface area contributed by atoms with Gasteiger partial charge in [0.05, 0.1) is 13.5 Å². The molecule has 20 heavy (non-hydrogen) atoms. The summed E-state index contributed by atoms with van der Waals surface area (Å²) in [6, 6.07) is 5.81. The normalized spacial score (nSPS) is 12.2. The molecule has 3 nitrogen and oxygen atoms in total. The van der Waals surface area contributed by atoms with Crippen molar-refractivity contribution in [3.8, 4) is 5.75 Å². The Kier molecular flexibility index (Phi) is 4.85. The topological polar surface area (TPSA) is 35.5 Å². The number of benzene rings is 1. The first-order valence-electron chi connectivity index (χ1n) is 6.93. The van der Waals surface area contributed by atoms with Crippen LogP contribution in [0.2, 0.25) is 0 Å². The van der Waals surface area contributed by atoms with Crippen LogP contribution in [0.4, 0.5) is 0 Å². The summed E-state index contributed by atoms with van der Waals surface area (Å²) in [5, 5.41) is 0. The van der Waals surface area contributed by atoms with E-state index in [1.165, 1.54) is 0 Å². The summed E-state index contributed by atoms with van der Waals surface area (Å²) in [7, 11) is 1.65. The second-order valence-electron chi connectivity index (χ2n) is 7.01. The summed E-state index contributed by atoms with van der Waals surface area (Å²) in [4.78, 5) is 12.0. The van der Waals surface area contributed by atoms with Crippen molar-refractivity contribution in [3.63, 3.8) is 0 Å². The smallest absolute Gasteiger partial charge is 0.310 e. The molecule has 1 rings (SSSR count). The maximum absolute atomic E-state index is 12.0. The minimum absolute atomic E-state index is 0.0933. The van der Waals surface area contributed by atoms with Crippen molar-refractivity contribution in [2.24, 2.45) is 0 Å². The molecule has 3 heteroatoms. The Morgan fingerprint density at radius 1 is 1.10 bits per heavy atom. The Balaban J connectivity index is 3.10. The lowest BCUT2D eigenvalue weighted by atomic mass is 9.82. The van der Waals surface area contributed by atoms with Crippen molar-refractivity contribution in [2.45, 2.75) is 59.0 Å². The van der Waals surface area contributed by atoms with Gasteiger partial charge in [-0.1, -0.05) is 32.9 Å². The van der Waals surface area contributed by atoms with Crippen LogP contribution in [-0.2, 0) is 21.4 Å². The van der Waals surface area contributed by atoms with Crippen molar-refractivity contribution < 1.29 is 14.3 Å². The van der Waals surface area contributed by atoms with E-state index in [2.05, 4.69) is 20.8 Å². The Morgan fingerprint density at radius 2 is 1.70 bits per heavy atom. The molecule has 0 spiro atoms. The van der Waals surface area contributed by atoms with Gasteiger partial charge in [0.2, 0.25) is 0 Å². The zero-order chi connectivity index (χ0) is 15.6. The lowest BCUT2D eigenvalue weighted by Crippen LogP contribution is -2.26. The molecule has 0 radical (unpaired) electrons. The van der Waals surface area contributed by atoms with Crippen molar-refractivity contribution in [2.75, 3.05) is 7.11 Å². The molecule has 1 aromatic rings. The average molecular weight is 278 g/mol. The quantitative estimate of drug-likeness (QED) is 0.787. The molecule has 0 unspecified atom stereocenters. The van der Waals surface area contributed by atoms with Gasteiger partial charge < -0.3 is 9.47 Å². The standard InChI is InChI=1S/C17H26O3/c1-16(2,3)15-12(9-8-10-13(15)19-7)11-14(18)20-17(4,5)6/h8-10H,11H2,1-7H3. The zero-order valence-electron chi connectivity index (χ0n) is 13.7. The van der Waals surface area contributed by atoms with Crippen LogP contribution in [0.15, 0.2) is 18.2 Å². The third kappa shape index (κ3) is 4.55. The lowest BCUT2D eigenvalue weighted by molar-refractivity contribution is -0.153. The van der Waals surface area contributed by atoms with E-state index in [0.29, 0.717) is 0 Å². The maximum atomic E-state index is 12.0. The highest BCUT2D eigenvalue weighted by Crippen LogP contribution is 2.34. The first-order valence-corrected chi connectivity index (χ1v) is 6.93. The fraction of sp³-hybridized carbons (Fsp3) is 0.588. The van der Waals surface area contributed by atoms with E-state index in [9.17, 15) is 4.79 Å². The van der Waals surface area contributed by atoms with Crippen LogP contribution in [0.25, 0.3) is 0 Å². The number of methoxy groups -OCH3 is 1. The van der Waals surface area contributed by atoms with Crippen molar-refractivity contribution in [3.05, 3.63) is 29.3 Å². The van der Waals surface area contributed by atoms with E-state index in [-0.39, 0.29) is 17.8 Å². The molecule has 112 valence electrons. The molecule has 0 N–H and O–H groups in total. The monoisotopic (exact) mass is 278 g/mol. The number of carbonyl (C=O) groups is 1. The number of hydrogen-bond donors (Lipinski definition) is 0. The Labute approximate surface area is 122 Å². The van der Waals surface area contributed by atoms with Crippen LogP contribution in [-0.4, -0.2) is 18.7 Å².